The van der Waals surface area contributed by atoms with Gasteiger partial charge in [-0.3, -0.25) is 0 Å². The van der Waals surface area contributed by atoms with Crippen molar-refractivity contribution in [3.8, 4) is 19.8 Å². The van der Waals surface area contributed by atoms with Gasteiger partial charge in [-0.15, -0.1) is 45.3 Å². The van der Waals surface area contributed by atoms with E-state index in [1.807, 2.05) is 45.3 Å². The fourth-order valence-electron chi connectivity index (χ4n) is 6.74. The minimum absolute atomic E-state index is 0.822. The van der Waals surface area contributed by atoms with Crippen LogP contribution in [0.15, 0.2) is 36.4 Å². The smallest absolute Gasteiger partial charge is 0.134 e. The van der Waals surface area contributed by atoms with Gasteiger partial charge in [-0.1, -0.05) is 130 Å². The number of unbranched alkanes of at least 4 members (excludes halogenated alkanes) is 8. The van der Waals surface area contributed by atoms with E-state index in [-0.39, 0.29) is 0 Å². The molecule has 0 radical (unpaired) electrons. The number of thiazole rings is 2. The molecule has 0 saturated heterocycles. The van der Waals surface area contributed by atoms with E-state index in [9.17, 15) is 0 Å². The molecule has 2 atom stereocenters. The molecular weight excluding hydrogens is 637 g/mol. The first-order valence-electron chi connectivity index (χ1n) is 18.5. The SMILES string of the molecule is CCCCCCC(CCCC)Cc1ccc(-c2nc3cc4sc(-c5ccc(CC(CCCC)CCCCCC)s5)nc4cc3s2)s1. The summed E-state index contributed by atoms with van der Waals surface area (Å²) in [5.74, 6) is 1.64. The Balaban J connectivity index is 1.24. The Labute approximate surface area is 295 Å². The van der Waals surface area contributed by atoms with Crippen molar-refractivity contribution in [3.63, 3.8) is 0 Å². The Morgan fingerprint density at radius 3 is 1.30 bits per heavy atom. The summed E-state index contributed by atoms with van der Waals surface area (Å²) in [7, 11) is 0. The molecule has 0 fully saturated rings. The normalized spacial score (nSPS) is 13.3. The monoisotopic (exact) mass is 692 g/mol. The van der Waals surface area contributed by atoms with Crippen LogP contribution < -0.4 is 0 Å². The molecule has 4 aromatic heterocycles. The molecule has 0 spiro atoms. The minimum Gasteiger partial charge on any atom is -0.235 e. The predicted octanol–water partition coefficient (Wildman–Crippen LogP) is 15.0. The highest BCUT2D eigenvalue weighted by Crippen LogP contribution is 2.41. The van der Waals surface area contributed by atoms with Gasteiger partial charge in [0.25, 0.3) is 0 Å². The van der Waals surface area contributed by atoms with Crippen molar-refractivity contribution in [1.29, 1.82) is 0 Å². The summed E-state index contributed by atoms with van der Waals surface area (Å²) in [5.41, 5.74) is 2.23. The Morgan fingerprint density at radius 2 is 0.891 bits per heavy atom. The van der Waals surface area contributed by atoms with Gasteiger partial charge in [0.2, 0.25) is 0 Å². The van der Waals surface area contributed by atoms with Gasteiger partial charge in [0, 0.05) is 9.75 Å². The van der Waals surface area contributed by atoms with E-state index in [4.69, 9.17) is 9.97 Å². The van der Waals surface area contributed by atoms with Crippen molar-refractivity contribution in [1.82, 2.24) is 9.97 Å². The van der Waals surface area contributed by atoms with Crippen LogP contribution in [0.25, 0.3) is 40.2 Å². The number of fused-ring (bicyclic) bond motifs is 2. The summed E-state index contributed by atoms with van der Waals surface area (Å²) in [6.45, 7) is 9.26. The molecule has 5 aromatic rings. The van der Waals surface area contributed by atoms with Crippen LogP contribution in [0.2, 0.25) is 0 Å². The lowest BCUT2D eigenvalue weighted by atomic mass is 9.92. The molecule has 0 N–H and O–H groups in total. The van der Waals surface area contributed by atoms with E-state index in [1.165, 1.54) is 144 Å². The van der Waals surface area contributed by atoms with Gasteiger partial charge in [0.05, 0.1) is 30.2 Å². The third kappa shape index (κ3) is 10.2. The highest BCUT2D eigenvalue weighted by molar-refractivity contribution is 7.27. The highest BCUT2D eigenvalue weighted by atomic mass is 32.1. The van der Waals surface area contributed by atoms with Crippen LogP contribution in [0.5, 0.6) is 0 Å². The van der Waals surface area contributed by atoms with Crippen LogP contribution in [-0.2, 0) is 12.8 Å². The van der Waals surface area contributed by atoms with Gasteiger partial charge in [-0.25, -0.2) is 9.97 Å². The molecule has 250 valence electrons. The Morgan fingerprint density at radius 1 is 0.478 bits per heavy atom. The Hall–Kier alpha value is -1.60. The summed E-state index contributed by atoms with van der Waals surface area (Å²) in [4.78, 5) is 16.0. The highest BCUT2D eigenvalue weighted by Gasteiger charge is 2.17. The number of nitrogens with zero attached hydrogens (tertiary/aromatic N) is 2. The first-order chi connectivity index (χ1) is 22.6. The maximum absolute atomic E-state index is 5.13. The topological polar surface area (TPSA) is 25.8 Å². The molecule has 4 heterocycles. The maximum Gasteiger partial charge on any atom is 0.134 e. The fraction of sp³-hybridized carbons (Fsp3) is 0.600. The average molecular weight is 693 g/mol. The fourth-order valence-corrected chi connectivity index (χ4v) is 11.1. The maximum atomic E-state index is 5.13. The zero-order chi connectivity index (χ0) is 32.1. The molecule has 0 aliphatic carbocycles. The van der Waals surface area contributed by atoms with Crippen LogP contribution >= 0.6 is 45.3 Å². The summed E-state index contributed by atoms with van der Waals surface area (Å²) in [6, 6.07) is 13.9. The summed E-state index contributed by atoms with van der Waals surface area (Å²) < 4.78 is 2.50. The third-order valence-corrected chi connectivity index (χ3v) is 14.1. The first kappa shape index (κ1) is 35.7. The molecule has 0 aliphatic heterocycles. The van der Waals surface area contributed by atoms with Gasteiger partial charge >= 0.3 is 0 Å². The first-order valence-corrected chi connectivity index (χ1v) is 21.8. The molecule has 6 heteroatoms. The third-order valence-electron chi connectivity index (χ3n) is 9.49. The van der Waals surface area contributed by atoms with E-state index in [0.29, 0.717) is 0 Å². The predicted molar refractivity (Wildman–Crippen MR) is 210 cm³/mol. The zero-order valence-electron chi connectivity index (χ0n) is 28.9. The van der Waals surface area contributed by atoms with Gasteiger partial charge in [0.1, 0.15) is 10.0 Å². The van der Waals surface area contributed by atoms with Crippen molar-refractivity contribution in [2.24, 2.45) is 11.8 Å². The number of aromatic nitrogens is 2. The molecule has 0 amide bonds. The summed E-state index contributed by atoms with van der Waals surface area (Å²) in [6.07, 6.45) is 24.2. The number of hydrogen-bond acceptors (Lipinski definition) is 6. The van der Waals surface area contributed by atoms with Gasteiger partial charge < -0.3 is 0 Å². The van der Waals surface area contributed by atoms with Crippen LogP contribution in [0, 0.1) is 11.8 Å². The summed E-state index contributed by atoms with van der Waals surface area (Å²) >= 11 is 7.59. The van der Waals surface area contributed by atoms with Crippen LogP contribution in [0.4, 0.5) is 0 Å². The lowest BCUT2D eigenvalue weighted by molar-refractivity contribution is 0.412. The molecular formula is C40H56N2S4. The number of benzene rings is 1. The summed E-state index contributed by atoms with van der Waals surface area (Å²) in [5, 5.41) is 2.32. The van der Waals surface area contributed by atoms with Gasteiger partial charge in [0.15, 0.2) is 0 Å². The van der Waals surface area contributed by atoms with Crippen molar-refractivity contribution in [3.05, 3.63) is 46.2 Å². The molecule has 46 heavy (non-hydrogen) atoms. The lowest BCUT2D eigenvalue weighted by Gasteiger charge is -2.15. The quantitative estimate of drug-likeness (QED) is 0.0675. The number of thiophene rings is 2. The van der Waals surface area contributed by atoms with Crippen LogP contribution in [0.1, 0.15) is 140 Å². The van der Waals surface area contributed by atoms with Crippen LogP contribution in [0.3, 0.4) is 0 Å². The molecule has 2 nitrogen and oxygen atoms in total. The van der Waals surface area contributed by atoms with E-state index in [2.05, 4.69) is 64.1 Å². The lowest BCUT2D eigenvalue weighted by Crippen LogP contribution is -2.04. The standard InChI is InChI=1S/C40H56N2S4/c1-5-9-13-15-19-29(17-11-7-3)25-31-21-23-35(43-31)39-41-33-27-38-34(28-37(33)45-39)42-40(46-38)36-24-22-32(44-36)26-30(18-12-8-4)20-16-14-10-6-2/h21-24,27-30H,5-20,25-26H2,1-4H3. The van der Waals surface area contributed by atoms with E-state index in [0.717, 1.165) is 32.9 Å². The van der Waals surface area contributed by atoms with Crippen molar-refractivity contribution in [2.75, 3.05) is 0 Å². The van der Waals surface area contributed by atoms with E-state index >= 15 is 0 Å². The zero-order valence-corrected chi connectivity index (χ0v) is 32.1. The van der Waals surface area contributed by atoms with E-state index in [1.54, 1.807) is 0 Å². The van der Waals surface area contributed by atoms with Crippen LogP contribution in [-0.4, -0.2) is 9.97 Å². The molecule has 2 unspecified atom stereocenters. The molecule has 0 bridgehead atoms. The molecule has 0 saturated carbocycles. The molecule has 0 aliphatic rings. The molecule has 1 aromatic carbocycles. The minimum atomic E-state index is 0.822. The van der Waals surface area contributed by atoms with Crippen molar-refractivity contribution in [2.45, 2.75) is 143 Å². The second-order valence-electron chi connectivity index (χ2n) is 13.5. The van der Waals surface area contributed by atoms with Gasteiger partial charge in [-0.2, -0.15) is 0 Å². The van der Waals surface area contributed by atoms with Crippen molar-refractivity contribution < 1.29 is 0 Å². The Kier molecular flexibility index (Phi) is 14.6. The largest absolute Gasteiger partial charge is 0.235 e. The number of rotatable bonds is 22. The Bertz CT molecular complexity index is 1420. The number of hydrogen-bond donors (Lipinski definition) is 0. The second-order valence-corrected chi connectivity index (χ2v) is 17.9. The molecule has 5 rings (SSSR count). The average Bonchev–Trinajstić information content (AvgIpc) is 3.87. The van der Waals surface area contributed by atoms with Gasteiger partial charge in [-0.05, 0) is 61.1 Å². The second kappa shape index (κ2) is 18.8. The van der Waals surface area contributed by atoms with Crippen molar-refractivity contribution >= 4 is 65.8 Å². The van der Waals surface area contributed by atoms with E-state index < -0.39 is 0 Å².